The molecule has 1 saturated carbocycles. The highest BCUT2D eigenvalue weighted by atomic mass is 35.5. The van der Waals surface area contributed by atoms with Gasteiger partial charge in [-0.25, -0.2) is 0 Å². The molecule has 0 spiro atoms. The van der Waals surface area contributed by atoms with Crippen LogP contribution in [0.2, 0.25) is 0 Å². The number of likely N-dealkylation sites (tertiary alicyclic amines) is 1. The number of alkyl halides is 1. The minimum atomic E-state index is 0.382. The summed E-state index contributed by atoms with van der Waals surface area (Å²) in [6, 6.07) is 0. The van der Waals surface area contributed by atoms with Crippen LogP contribution in [-0.2, 0) is 4.79 Å². The highest BCUT2D eigenvalue weighted by molar-refractivity contribution is 6.18. The lowest BCUT2D eigenvalue weighted by atomic mass is 9.82. The van der Waals surface area contributed by atoms with Crippen LogP contribution in [0.4, 0.5) is 0 Å². The lowest BCUT2D eigenvalue weighted by Gasteiger charge is -2.33. The third-order valence-corrected chi connectivity index (χ3v) is 4.31. The van der Waals surface area contributed by atoms with Gasteiger partial charge < -0.3 is 4.90 Å². The first kappa shape index (κ1) is 11.3. The fourth-order valence-corrected chi connectivity index (χ4v) is 2.72. The van der Waals surface area contributed by atoms with Crippen molar-refractivity contribution in [1.82, 2.24) is 4.90 Å². The normalized spacial score (nSPS) is 23.9. The van der Waals surface area contributed by atoms with Gasteiger partial charge in [-0.3, -0.25) is 4.79 Å². The Morgan fingerprint density at radius 3 is 2.27 bits per heavy atom. The maximum atomic E-state index is 11.9. The summed E-state index contributed by atoms with van der Waals surface area (Å²) in [6.07, 6.45) is 6.85. The van der Waals surface area contributed by atoms with E-state index in [1.165, 1.54) is 19.3 Å². The second kappa shape index (κ2) is 5.20. The van der Waals surface area contributed by atoms with Gasteiger partial charge >= 0.3 is 0 Å². The second-order valence-electron chi connectivity index (χ2n) is 4.98. The number of nitrogens with zero attached hydrogens (tertiary/aromatic N) is 1. The molecule has 1 heterocycles. The van der Waals surface area contributed by atoms with E-state index in [1.807, 2.05) is 4.90 Å². The zero-order valence-corrected chi connectivity index (χ0v) is 10.0. The van der Waals surface area contributed by atoms with Crippen molar-refractivity contribution in [3.05, 3.63) is 0 Å². The van der Waals surface area contributed by atoms with Crippen molar-refractivity contribution in [3.8, 4) is 0 Å². The zero-order valence-electron chi connectivity index (χ0n) is 9.25. The van der Waals surface area contributed by atoms with Crippen molar-refractivity contribution in [2.24, 2.45) is 11.8 Å². The van der Waals surface area contributed by atoms with Gasteiger partial charge in [0.05, 0.1) is 0 Å². The number of carbonyl (C=O) groups excluding carboxylic acids is 1. The number of amides is 1. The minimum Gasteiger partial charge on any atom is -0.343 e. The number of halogens is 1. The predicted octanol–water partition coefficient (Wildman–Crippen LogP) is 2.65. The average Bonchev–Trinajstić information content (AvgIpc) is 2.23. The van der Waals surface area contributed by atoms with Gasteiger partial charge in [-0.15, -0.1) is 11.6 Å². The Kier molecular flexibility index (Phi) is 3.90. The SMILES string of the molecule is O=C(CC1CCC1)N1CCC(CCl)CC1. The van der Waals surface area contributed by atoms with Crippen molar-refractivity contribution in [3.63, 3.8) is 0 Å². The van der Waals surface area contributed by atoms with Crippen molar-refractivity contribution in [2.75, 3.05) is 19.0 Å². The van der Waals surface area contributed by atoms with E-state index < -0.39 is 0 Å². The molecule has 1 amide bonds. The van der Waals surface area contributed by atoms with Gasteiger partial charge in [0.25, 0.3) is 0 Å². The van der Waals surface area contributed by atoms with Gasteiger partial charge in [0.2, 0.25) is 5.91 Å². The fourth-order valence-electron chi connectivity index (χ4n) is 2.41. The lowest BCUT2D eigenvalue weighted by Crippen LogP contribution is -2.40. The molecule has 1 saturated heterocycles. The maximum absolute atomic E-state index is 11.9. The van der Waals surface area contributed by atoms with E-state index in [0.717, 1.165) is 38.2 Å². The Morgan fingerprint density at radius 1 is 1.13 bits per heavy atom. The molecule has 86 valence electrons. The van der Waals surface area contributed by atoms with Gasteiger partial charge in [-0.05, 0) is 37.5 Å². The van der Waals surface area contributed by atoms with Gasteiger partial charge in [0.15, 0.2) is 0 Å². The third kappa shape index (κ3) is 2.87. The number of hydrogen-bond acceptors (Lipinski definition) is 1. The van der Waals surface area contributed by atoms with E-state index in [2.05, 4.69) is 0 Å². The Morgan fingerprint density at radius 2 is 1.80 bits per heavy atom. The van der Waals surface area contributed by atoms with Crippen LogP contribution in [0.1, 0.15) is 38.5 Å². The summed E-state index contributed by atoms with van der Waals surface area (Å²) in [5, 5.41) is 0. The molecular weight excluding hydrogens is 210 g/mol. The van der Waals surface area contributed by atoms with Crippen LogP contribution in [0.25, 0.3) is 0 Å². The molecule has 15 heavy (non-hydrogen) atoms. The molecule has 0 N–H and O–H groups in total. The van der Waals surface area contributed by atoms with Crippen LogP contribution in [0.3, 0.4) is 0 Å². The number of carbonyl (C=O) groups is 1. The van der Waals surface area contributed by atoms with E-state index in [1.54, 1.807) is 0 Å². The first-order valence-corrected chi connectivity index (χ1v) is 6.67. The number of rotatable bonds is 3. The summed E-state index contributed by atoms with van der Waals surface area (Å²) in [7, 11) is 0. The van der Waals surface area contributed by atoms with E-state index in [0.29, 0.717) is 17.7 Å². The zero-order chi connectivity index (χ0) is 10.7. The quantitative estimate of drug-likeness (QED) is 0.682. The van der Waals surface area contributed by atoms with E-state index in [4.69, 9.17) is 11.6 Å². The maximum Gasteiger partial charge on any atom is 0.222 e. The smallest absolute Gasteiger partial charge is 0.222 e. The summed E-state index contributed by atoms with van der Waals surface area (Å²) in [6.45, 7) is 1.87. The standard InChI is InChI=1S/C12H20ClNO/c13-9-11-4-6-14(7-5-11)12(15)8-10-2-1-3-10/h10-11H,1-9H2. The van der Waals surface area contributed by atoms with E-state index in [9.17, 15) is 4.79 Å². The Balaban J connectivity index is 1.71. The average molecular weight is 230 g/mol. The van der Waals surface area contributed by atoms with E-state index in [-0.39, 0.29) is 0 Å². The first-order chi connectivity index (χ1) is 7.29. The molecule has 0 aromatic carbocycles. The molecule has 0 unspecified atom stereocenters. The highest BCUT2D eigenvalue weighted by Gasteiger charge is 2.26. The van der Waals surface area contributed by atoms with Crippen molar-refractivity contribution in [2.45, 2.75) is 38.5 Å². The van der Waals surface area contributed by atoms with Crippen LogP contribution in [-0.4, -0.2) is 29.8 Å². The number of piperidine rings is 1. The van der Waals surface area contributed by atoms with Crippen LogP contribution in [0.15, 0.2) is 0 Å². The molecule has 2 fully saturated rings. The summed E-state index contributed by atoms with van der Waals surface area (Å²) in [5.41, 5.74) is 0. The second-order valence-corrected chi connectivity index (χ2v) is 5.29. The molecular formula is C12H20ClNO. The summed E-state index contributed by atoms with van der Waals surface area (Å²) in [4.78, 5) is 13.9. The van der Waals surface area contributed by atoms with Gasteiger partial charge in [0.1, 0.15) is 0 Å². The van der Waals surface area contributed by atoms with E-state index >= 15 is 0 Å². The molecule has 2 nitrogen and oxygen atoms in total. The molecule has 0 atom stereocenters. The highest BCUT2D eigenvalue weighted by Crippen LogP contribution is 2.30. The Labute approximate surface area is 97.0 Å². The van der Waals surface area contributed by atoms with Crippen molar-refractivity contribution in [1.29, 1.82) is 0 Å². The molecule has 3 heteroatoms. The molecule has 0 aromatic rings. The topological polar surface area (TPSA) is 20.3 Å². The third-order valence-electron chi connectivity index (χ3n) is 3.87. The van der Waals surface area contributed by atoms with Crippen LogP contribution in [0.5, 0.6) is 0 Å². The monoisotopic (exact) mass is 229 g/mol. The summed E-state index contributed by atoms with van der Waals surface area (Å²) < 4.78 is 0. The van der Waals surface area contributed by atoms with Crippen LogP contribution >= 0.6 is 11.6 Å². The molecule has 1 aliphatic heterocycles. The van der Waals surface area contributed by atoms with Gasteiger partial charge in [0, 0.05) is 25.4 Å². The summed E-state index contributed by atoms with van der Waals surface area (Å²) >= 11 is 5.82. The molecule has 1 aliphatic carbocycles. The lowest BCUT2D eigenvalue weighted by molar-refractivity contribution is -0.134. The molecule has 2 rings (SSSR count). The Bertz CT molecular complexity index is 220. The fraction of sp³-hybridized carbons (Fsp3) is 0.917. The molecule has 2 aliphatic rings. The van der Waals surface area contributed by atoms with Gasteiger partial charge in [-0.1, -0.05) is 6.42 Å². The molecule has 0 aromatic heterocycles. The van der Waals surface area contributed by atoms with Crippen LogP contribution in [0, 0.1) is 11.8 Å². The van der Waals surface area contributed by atoms with Crippen LogP contribution < -0.4 is 0 Å². The van der Waals surface area contributed by atoms with Gasteiger partial charge in [-0.2, -0.15) is 0 Å². The largest absolute Gasteiger partial charge is 0.343 e. The Hall–Kier alpha value is -0.240. The molecule has 0 bridgehead atoms. The summed E-state index contributed by atoms with van der Waals surface area (Å²) in [5.74, 6) is 2.47. The first-order valence-electron chi connectivity index (χ1n) is 6.13. The van der Waals surface area contributed by atoms with Crippen molar-refractivity contribution >= 4 is 17.5 Å². The number of hydrogen-bond donors (Lipinski definition) is 0. The molecule has 0 radical (unpaired) electrons. The predicted molar refractivity (Wildman–Crippen MR) is 62.0 cm³/mol. The minimum absolute atomic E-state index is 0.382. The van der Waals surface area contributed by atoms with Crippen molar-refractivity contribution < 1.29 is 4.79 Å².